The fraction of sp³-hybridized carbons (Fsp3) is 0.364. The molecule has 0 radical (unpaired) electrons. The Morgan fingerprint density at radius 1 is 1.50 bits per heavy atom. The molecular weight excluding hydrogens is 300 g/mol. The first-order chi connectivity index (χ1) is 9.55. The van der Waals surface area contributed by atoms with Crippen LogP contribution in [0.15, 0.2) is 28.7 Å². The highest BCUT2D eigenvalue weighted by atomic mass is 32.2. The number of sulfonamides is 1. The molecule has 0 unspecified atom stereocenters. The highest BCUT2D eigenvalue weighted by Gasteiger charge is 2.17. The second-order valence-electron chi connectivity index (χ2n) is 4.02. The fourth-order valence-electron chi connectivity index (χ4n) is 1.54. The Morgan fingerprint density at radius 2 is 2.30 bits per heavy atom. The van der Waals surface area contributed by atoms with Crippen LogP contribution in [-0.2, 0) is 27.8 Å². The number of rotatable bonds is 7. The first kappa shape index (κ1) is 15.0. The predicted molar refractivity (Wildman–Crippen MR) is 77.1 cm³/mol. The summed E-state index contributed by atoms with van der Waals surface area (Å²) in [4.78, 5) is 0.821. The van der Waals surface area contributed by atoms with Gasteiger partial charge in [-0.1, -0.05) is 0 Å². The van der Waals surface area contributed by atoms with Gasteiger partial charge in [-0.2, -0.15) is 5.10 Å². The zero-order chi connectivity index (χ0) is 14.6. The van der Waals surface area contributed by atoms with Crippen molar-refractivity contribution in [1.29, 1.82) is 0 Å². The molecule has 2 aromatic rings. The predicted octanol–water partition coefficient (Wildman–Crippen LogP) is 0.851. The van der Waals surface area contributed by atoms with E-state index in [1.165, 1.54) is 6.20 Å². The molecule has 2 rings (SSSR count). The molecule has 2 aromatic heterocycles. The van der Waals surface area contributed by atoms with Gasteiger partial charge >= 0.3 is 0 Å². The van der Waals surface area contributed by atoms with Crippen LogP contribution in [0.4, 0.5) is 5.69 Å². The lowest BCUT2D eigenvalue weighted by atomic mass is 10.5. The second kappa shape index (κ2) is 6.35. The highest BCUT2D eigenvalue weighted by molar-refractivity contribution is 7.94. The quantitative estimate of drug-likeness (QED) is 0.789. The topological polar surface area (TPSA) is 99.2 Å². The smallest absolute Gasteiger partial charge is 0.271 e. The average Bonchev–Trinajstić information content (AvgIpc) is 3.04. The maximum absolute atomic E-state index is 12.2. The molecule has 0 atom stereocenters. The molecule has 0 aliphatic carbocycles. The molecule has 7 nitrogen and oxygen atoms in total. The Balaban J connectivity index is 2.09. The molecule has 9 heteroatoms. The minimum atomic E-state index is -3.58. The number of thiophene rings is 1. The Kier molecular flexibility index (Phi) is 4.76. The van der Waals surface area contributed by atoms with E-state index in [0.717, 1.165) is 16.2 Å². The van der Waals surface area contributed by atoms with Gasteiger partial charge < -0.3 is 10.5 Å². The van der Waals surface area contributed by atoms with Gasteiger partial charge in [0.25, 0.3) is 10.0 Å². The number of aromatic nitrogens is 2. The number of nitrogens with one attached hydrogen (secondary N) is 1. The Morgan fingerprint density at radius 3 is 2.95 bits per heavy atom. The molecule has 110 valence electrons. The number of hydrogen-bond acceptors (Lipinski definition) is 6. The van der Waals surface area contributed by atoms with Crippen molar-refractivity contribution >= 4 is 27.0 Å². The van der Waals surface area contributed by atoms with Crippen LogP contribution in [0.1, 0.15) is 4.88 Å². The van der Waals surface area contributed by atoms with E-state index in [-0.39, 0.29) is 4.21 Å². The van der Waals surface area contributed by atoms with Crippen molar-refractivity contribution in [2.75, 3.05) is 18.4 Å². The lowest BCUT2D eigenvalue weighted by molar-refractivity contribution is 0.183. The van der Waals surface area contributed by atoms with E-state index in [4.69, 9.17) is 10.5 Å². The van der Waals surface area contributed by atoms with Crippen LogP contribution in [0, 0.1) is 0 Å². The summed E-state index contributed by atoms with van der Waals surface area (Å²) in [6, 6.07) is 3.26. The van der Waals surface area contributed by atoms with Gasteiger partial charge in [0.05, 0.1) is 25.0 Å². The number of nitrogens with zero attached hydrogens (tertiary/aromatic N) is 2. The molecule has 0 saturated carbocycles. The molecule has 0 aliphatic heterocycles. The molecule has 0 amide bonds. The lowest BCUT2D eigenvalue weighted by Gasteiger charge is -2.03. The van der Waals surface area contributed by atoms with Gasteiger partial charge in [0, 0.05) is 24.7 Å². The molecule has 3 N–H and O–H groups in total. The highest BCUT2D eigenvalue weighted by Crippen LogP contribution is 2.23. The largest absolute Gasteiger partial charge is 0.383 e. The number of anilines is 1. The summed E-state index contributed by atoms with van der Waals surface area (Å²) in [7, 11) is -1.99. The van der Waals surface area contributed by atoms with E-state index in [0.29, 0.717) is 25.4 Å². The standard InChI is InChI=1S/C11H16N4O3S2/c1-18-5-4-15-8-9(7-13-15)14-20(16,17)11-3-2-10(6-12)19-11/h2-3,7-8,14H,4-6,12H2,1H3. The van der Waals surface area contributed by atoms with E-state index >= 15 is 0 Å². The molecule has 0 fully saturated rings. The van der Waals surface area contributed by atoms with Crippen molar-refractivity contribution in [3.8, 4) is 0 Å². The summed E-state index contributed by atoms with van der Waals surface area (Å²) in [5.41, 5.74) is 5.90. The van der Waals surface area contributed by atoms with Crippen LogP contribution in [0.3, 0.4) is 0 Å². The monoisotopic (exact) mass is 316 g/mol. The fourth-order valence-corrected chi connectivity index (χ4v) is 3.80. The molecule has 20 heavy (non-hydrogen) atoms. The Bertz CT molecular complexity index is 663. The van der Waals surface area contributed by atoms with E-state index in [1.807, 2.05) is 0 Å². The normalized spacial score (nSPS) is 11.7. The van der Waals surface area contributed by atoms with Crippen LogP contribution < -0.4 is 10.5 Å². The van der Waals surface area contributed by atoms with Crippen molar-refractivity contribution in [3.05, 3.63) is 29.4 Å². The third-order valence-electron chi connectivity index (χ3n) is 2.51. The van der Waals surface area contributed by atoms with Crippen molar-refractivity contribution in [1.82, 2.24) is 9.78 Å². The summed E-state index contributed by atoms with van der Waals surface area (Å²) >= 11 is 1.16. The van der Waals surface area contributed by atoms with Crippen molar-refractivity contribution in [3.63, 3.8) is 0 Å². The van der Waals surface area contributed by atoms with Crippen LogP contribution in [0.25, 0.3) is 0 Å². The van der Waals surface area contributed by atoms with E-state index < -0.39 is 10.0 Å². The van der Waals surface area contributed by atoms with Gasteiger partial charge in [-0.05, 0) is 12.1 Å². The van der Waals surface area contributed by atoms with Crippen LogP contribution in [-0.4, -0.2) is 31.9 Å². The van der Waals surface area contributed by atoms with E-state index in [1.54, 1.807) is 30.1 Å². The van der Waals surface area contributed by atoms with Gasteiger partial charge in [-0.3, -0.25) is 9.40 Å². The summed E-state index contributed by atoms with van der Waals surface area (Å²) in [6.07, 6.45) is 3.08. The van der Waals surface area contributed by atoms with Gasteiger partial charge in [0.15, 0.2) is 0 Å². The van der Waals surface area contributed by atoms with Gasteiger partial charge in [0.2, 0.25) is 0 Å². The van der Waals surface area contributed by atoms with E-state index in [9.17, 15) is 8.42 Å². The lowest BCUT2D eigenvalue weighted by Crippen LogP contribution is -2.11. The SMILES string of the molecule is COCCn1cc(NS(=O)(=O)c2ccc(CN)s2)cn1. The molecule has 0 saturated heterocycles. The van der Waals surface area contributed by atoms with Crippen LogP contribution in [0.2, 0.25) is 0 Å². The van der Waals surface area contributed by atoms with Crippen molar-refractivity contribution in [2.24, 2.45) is 5.73 Å². The third kappa shape index (κ3) is 3.57. The van der Waals surface area contributed by atoms with Crippen LogP contribution in [0.5, 0.6) is 0 Å². The van der Waals surface area contributed by atoms with Gasteiger partial charge in [-0.15, -0.1) is 11.3 Å². The number of nitrogens with two attached hydrogens (primary N) is 1. The summed E-state index contributed by atoms with van der Waals surface area (Å²) in [5, 5.41) is 4.05. The first-order valence-corrected chi connectivity index (χ1v) is 8.18. The van der Waals surface area contributed by atoms with Crippen molar-refractivity contribution in [2.45, 2.75) is 17.3 Å². The number of methoxy groups -OCH3 is 1. The third-order valence-corrected chi connectivity index (χ3v) is 5.49. The molecule has 0 spiro atoms. The van der Waals surface area contributed by atoms with E-state index in [2.05, 4.69) is 9.82 Å². The average molecular weight is 316 g/mol. The summed E-state index contributed by atoms with van der Waals surface area (Å²) in [5.74, 6) is 0. The minimum Gasteiger partial charge on any atom is -0.383 e. The Hall–Kier alpha value is -1.42. The number of ether oxygens (including phenoxy) is 1. The molecule has 0 aliphatic rings. The zero-order valence-corrected chi connectivity index (χ0v) is 12.6. The van der Waals surface area contributed by atoms with Crippen molar-refractivity contribution < 1.29 is 13.2 Å². The minimum absolute atomic E-state index is 0.239. The maximum atomic E-state index is 12.2. The van der Waals surface area contributed by atoms with Crippen LogP contribution >= 0.6 is 11.3 Å². The summed E-state index contributed by atoms with van der Waals surface area (Å²) < 4.78 is 33.6. The Labute approximate surface area is 121 Å². The zero-order valence-electron chi connectivity index (χ0n) is 10.9. The molecule has 0 aromatic carbocycles. The molecule has 0 bridgehead atoms. The summed E-state index contributed by atoms with van der Waals surface area (Å²) in [6.45, 7) is 1.41. The van der Waals surface area contributed by atoms with Gasteiger partial charge in [0.1, 0.15) is 4.21 Å². The number of hydrogen-bond donors (Lipinski definition) is 2. The molecular formula is C11H16N4O3S2. The van der Waals surface area contributed by atoms with Gasteiger partial charge in [-0.25, -0.2) is 8.42 Å². The maximum Gasteiger partial charge on any atom is 0.271 e. The molecule has 2 heterocycles. The first-order valence-electron chi connectivity index (χ1n) is 5.88. The second-order valence-corrected chi connectivity index (χ2v) is 7.09.